The second kappa shape index (κ2) is 5.36. The van der Waals surface area contributed by atoms with E-state index in [4.69, 9.17) is 0 Å². The maximum atomic E-state index is 12.0. The van der Waals surface area contributed by atoms with Crippen LogP contribution >= 0.6 is 0 Å². The number of fused-ring (bicyclic) bond motifs is 1. The van der Waals surface area contributed by atoms with Crippen molar-refractivity contribution < 1.29 is 8.42 Å². The first-order chi connectivity index (χ1) is 9.67. The average molecular weight is 291 g/mol. The van der Waals surface area contributed by atoms with Crippen LogP contribution in [0.4, 0.5) is 5.69 Å². The zero-order valence-corrected chi connectivity index (χ0v) is 11.9. The van der Waals surface area contributed by atoms with Crippen molar-refractivity contribution in [2.24, 2.45) is 0 Å². The lowest BCUT2D eigenvalue weighted by atomic mass is 10.2. The van der Waals surface area contributed by atoms with Crippen LogP contribution in [0.5, 0.6) is 0 Å². The van der Waals surface area contributed by atoms with E-state index in [1.807, 2.05) is 12.1 Å². The Hall–Kier alpha value is -1.69. The van der Waals surface area contributed by atoms with Crippen molar-refractivity contribution >= 4 is 26.4 Å². The molecule has 2 aromatic heterocycles. The van der Waals surface area contributed by atoms with E-state index >= 15 is 0 Å². The molecule has 1 unspecified atom stereocenters. The summed E-state index contributed by atoms with van der Waals surface area (Å²) < 4.78 is 24.0. The van der Waals surface area contributed by atoms with Gasteiger partial charge in [-0.2, -0.15) is 0 Å². The molecular formula is C14H17N3O2S. The van der Waals surface area contributed by atoms with E-state index in [1.165, 1.54) is 0 Å². The monoisotopic (exact) mass is 291 g/mol. The molecule has 1 saturated heterocycles. The fourth-order valence-corrected chi connectivity index (χ4v) is 4.42. The van der Waals surface area contributed by atoms with Crippen molar-refractivity contribution in [3.63, 3.8) is 0 Å². The minimum Gasteiger partial charge on any atom is -0.383 e. The number of hydrogen-bond donors (Lipinski definition) is 1. The molecule has 1 fully saturated rings. The molecule has 0 saturated carbocycles. The molecule has 106 valence electrons. The van der Waals surface area contributed by atoms with E-state index in [1.54, 1.807) is 18.6 Å². The third-order valence-corrected chi connectivity index (χ3v) is 6.05. The molecule has 20 heavy (non-hydrogen) atoms. The molecule has 3 rings (SSSR count). The number of aromatic nitrogens is 2. The summed E-state index contributed by atoms with van der Waals surface area (Å²) in [7, 11) is -2.94. The van der Waals surface area contributed by atoms with Gasteiger partial charge in [-0.3, -0.25) is 9.97 Å². The number of hydrogen-bond acceptors (Lipinski definition) is 5. The van der Waals surface area contributed by atoms with E-state index in [2.05, 4.69) is 15.3 Å². The smallest absolute Gasteiger partial charge is 0.154 e. The molecule has 3 heterocycles. The van der Waals surface area contributed by atoms with E-state index in [0.717, 1.165) is 35.9 Å². The molecule has 6 heteroatoms. The fraction of sp³-hybridized carbons (Fsp3) is 0.429. The van der Waals surface area contributed by atoms with Crippen LogP contribution in [0.1, 0.15) is 19.3 Å². The zero-order valence-electron chi connectivity index (χ0n) is 11.1. The molecule has 0 radical (unpaired) electrons. The molecule has 0 aliphatic carbocycles. The first-order valence-electron chi connectivity index (χ1n) is 6.81. The van der Waals surface area contributed by atoms with E-state index in [0.29, 0.717) is 12.3 Å². The van der Waals surface area contributed by atoms with E-state index in [9.17, 15) is 8.42 Å². The molecule has 0 bridgehead atoms. The number of pyridine rings is 2. The van der Waals surface area contributed by atoms with Gasteiger partial charge in [-0.15, -0.1) is 0 Å². The van der Waals surface area contributed by atoms with Crippen LogP contribution in [-0.4, -0.2) is 35.9 Å². The number of sulfone groups is 1. The second-order valence-corrected chi connectivity index (χ2v) is 7.52. The van der Waals surface area contributed by atoms with Gasteiger partial charge >= 0.3 is 0 Å². The third-order valence-electron chi connectivity index (χ3n) is 3.78. The van der Waals surface area contributed by atoms with Gasteiger partial charge in [0.15, 0.2) is 9.84 Å². The second-order valence-electron chi connectivity index (χ2n) is 5.12. The summed E-state index contributed by atoms with van der Waals surface area (Å²) in [4.78, 5) is 8.37. The summed E-state index contributed by atoms with van der Waals surface area (Å²) in [5.41, 5.74) is 1.75. The van der Waals surface area contributed by atoms with Crippen molar-refractivity contribution in [1.82, 2.24) is 9.97 Å². The molecular weight excluding hydrogens is 274 g/mol. The lowest BCUT2D eigenvalue weighted by Crippen LogP contribution is -2.34. The summed E-state index contributed by atoms with van der Waals surface area (Å²) >= 11 is 0. The van der Waals surface area contributed by atoms with Gasteiger partial charge in [-0.1, -0.05) is 6.42 Å². The fourth-order valence-electron chi connectivity index (χ4n) is 2.62. The van der Waals surface area contributed by atoms with Crippen molar-refractivity contribution in [1.29, 1.82) is 0 Å². The van der Waals surface area contributed by atoms with Crippen LogP contribution in [0.25, 0.3) is 10.9 Å². The summed E-state index contributed by atoms with van der Waals surface area (Å²) in [6.07, 6.45) is 7.70. The van der Waals surface area contributed by atoms with Crippen molar-refractivity contribution in [2.45, 2.75) is 24.5 Å². The summed E-state index contributed by atoms with van der Waals surface area (Å²) in [5.74, 6) is 0.317. The molecule has 0 aromatic carbocycles. The lowest BCUT2D eigenvalue weighted by molar-refractivity contribution is 0.544. The number of rotatable bonds is 3. The highest BCUT2D eigenvalue weighted by molar-refractivity contribution is 7.92. The van der Waals surface area contributed by atoms with Crippen LogP contribution in [0, 0.1) is 0 Å². The van der Waals surface area contributed by atoms with Crippen molar-refractivity contribution in [2.75, 3.05) is 17.6 Å². The Morgan fingerprint density at radius 3 is 3.00 bits per heavy atom. The predicted molar refractivity (Wildman–Crippen MR) is 79.5 cm³/mol. The Labute approximate surface area is 118 Å². The maximum absolute atomic E-state index is 12.0. The molecule has 2 aromatic rings. The predicted octanol–water partition coefficient (Wildman–Crippen LogP) is 2.01. The van der Waals surface area contributed by atoms with Gasteiger partial charge in [0.25, 0.3) is 0 Å². The Kier molecular flexibility index (Phi) is 3.56. The zero-order chi connectivity index (χ0) is 14.0. The van der Waals surface area contributed by atoms with Crippen LogP contribution < -0.4 is 5.32 Å². The van der Waals surface area contributed by atoms with Crippen LogP contribution in [0.15, 0.2) is 30.7 Å². The van der Waals surface area contributed by atoms with Gasteiger partial charge in [0, 0.05) is 36.2 Å². The SMILES string of the molecule is O=S1(=O)CCCCC1CNc1ccnc2ccncc12. The number of nitrogens with zero attached hydrogens (tertiary/aromatic N) is 2. The topological polar surface area (TPSA) is 72.0 Å². The van der Waals surface area contributed by atoms with E-state index < -0.39 is 9.84 Å². The van der Waals surface area contributed by atoms with Gasteiger partial charge in [0.2, 0.25) is 0 Å². The minimum atomic E-state index is -2.94. The molecule has 1 aliphatic rings. The Morgan fingerprint density at radius 1 is 1.25 bits per heavy atom. The van der Waals surface area contributed by atoms with Crippen molar-refractivity contribution in [3.05, 3.63) is 30.7 Å². The van der Waals surface area contributed by atoms with Crippen LogP contribution in [0.2, 0.25) is 0 Å². The van der Waals surface area contributed by atoms with Gasteiger partial charge in [-0.05, 0) is 25.0 Å². The number of nitrogens with one attached hydrogen (secondary N) is 1. The molecule has 0 spiro atoms. The normalized spacial score (nSPS) is 21.7. The molecule has 5 nitrogen and oxygen atoms in total. The van der Waals surface area contributed by atoms with Crippen LogP contribution in [-0.2, 0) is 9.84 Å². The molecule has 1 N–H and O–H groups in total. The Bertz CT molecular complexity index is 710. The summed E-state index contributed by atoms with van der Waals surface area (Å²) in [6, 6.07) is 3.71. The summed E-state index contributed by atoms with van der Waals surface area (Å²) in [6.45, 7) is 0.455. The third kappa shape index (κ3) is 2.60. The Morgan fingerprint density at radius 2 is 2.15 bits per heavy atom. The Balaban J connectivity index is 1.80. The molecule has 0 amide bonds. The minimum absolute atomic E-state index is 0.281. The van der Waals surface area contributed by atoms with E-state index in [-0.39, 0.29) is 5.25 Å². The lowest BCUT2D eigenvalue weighted by Gasteiger charge is -2.23. The summed E-state index contributed by atoms with van der Waals surface area (Å²) in [5, 5.41) is 3.89. The molecule has 1 aliphatic heterocycles. The van der Waals surface area contributed by atoms with Crippen LogP contribution in [0.3, 0.4) is 0 Å². The highest BCUT2D eigenvalue weighted by Crippen LogP contribution is 2.23. The first kappa shape index (κ1) is 13.3. The van der Waals surface area contributed by atoms with Crippen molar-refractivity contribution in [3.8, 4) is 0 Å². The highest BCUT2D eigenvalue weighted by Gasteiger charge is 2.28. The molecule has 1 atom stereocenters. The average Bonchev–Trinajstić information content (AvgIpc) is 2.46. The van der Waals surface area contributed by atoms with Gasteiger partial charge < -0.3 is 5.32 Å². The first-order valence-corrected chi connectivity index (χ1v) is 8.52. The van der Waals surface area contributed by atoms with Gasteiger partial charge in [-0.25, -0.2) is 8.42 Å². The van der Waals surface area contributed by atoms with Gasteiger partial charge in [0.05, 0.1) is 16.5 Å². The maximum Gasteiger partial charge on any atom is 0.154 e. The standard InChI is InChI=1S/C14H17N3O2S/c18-20(19)8-2-1-3-11(20)9-17-14-5-7-16-13-4-6-15-10-12(13)14/h4-7,10-11H,1-3,8-9H2,(H,16,17). The number of anilines is 1. The quantitative estimate of drug-likeness (QED) is 0.936. The largest absolute Gasteiger partial charge is 0.383 e. The van der Waals surface area contributed by atoms with Gasteiger partial charge in [0.1, 0.15) is 0 Å². The highest BCUT2D eigenvalue weighted by atomic mass is 32.2.